The zero-order valence-corrected chi connectivity index (χ0v) is 15.1. The van der Waals surface area contributed by atoms with Crippen LogP contribution in [0.4, 0.5) is 13.2 Å². The van der Waals surface area contributed by atoms with Crippen molar-refractivity contribution in [1.29, 1.82) is 0 Å². The van der Waals surface area contributed by atoms with Gasteiger partial charge >= 0.3 is 12.1 Å². The summed E-state index contributed by atoms with van der Waals surface area (Å²) >= 11 is 2.01. The number of hydrogen-bond donors (Lipinski definition) is 3. The molecule has 0 radical (unpaired) electrons. The van der Waals surface area contributed by atoms with Gasteiger partial charge in [-0.2, -0.15) is 13.2 Å². The van der Waals surface area contributed by atoms with E-state index in [1.165, 1.54) is 0 Å². The number of nitrogens with one attached hydrogen (secondary N) is 1. The summed E-state index contributed by atoms with van der Waals surface area (Å²) in [7, 11) is 0. The lowest BCUT2D eigenvalue weighted by atomic mass is 10.6. The third kappa shape index (κ3) is 21.3. The third-order valence-electron chi connectivity index (χ3n) is 1.94. The number of carbonyl (C=O) groups is 2. The van der Waals surface area contributed by atoms with Crippen LogP contribution in [-0.2, 0) is 23.8 Å². The number of alkyl halides is 4. The number of aliphatic carboxylic acids is 1. The molecule has 0 atom stereocenters. The van der Waals surface area contributed by atoms with Gasteiger partial charge in [-0.05, 0) is 0 Å². The Kier molecular flexibility index (Phi) is 18.2. The molecule has 4 N–H and O–H groups in total. The van der Waals surface area contributed by atoms with Crippen molar-refractivity contribution in [3.63, 3.8) is 0 Å². The Labute approximate surface area is 151 Å². The minimum atomic E-state index is -5.08. The summed E-state index contributed by atoms with van der Waals surface area (Å²) in [5, 5.41) is 9.84. The number of carboxylic acid groups (broad SMARTS) is 1. The molecule has 24 heavy (non-hydrogen) atoms. The second-order valence-corrected chi connectivity index (χ2v) is 4.68. The van der Waals surface area contributed by atoms with E-state index in [1.807, 2.05) is 22.6 Å². The molecule has 0 aromatic rings. The Morgan fingerprint density at radius 3 is 1.79 bits per heavy atom. The molecule has 0 aromatic carbocycles. The number of nitrogens with two attached hydrogens (primary N) is 1. The van der Waals surface area contributed by atoms with Crippen LogP contribution in [0.25, 0.3) is 0 Å². The van der Waals surface area contributed by atoms with Crippen molar-refractivity contribution < 1.29 is 42.1 Å². The van der Waals surface area contributed by atoms with Gasteiger partial charge in [0.1, 0.15) is 0 Å². The van der Waals surface area contributed by atoms with E-state index in [1.54, 1.807) is 0 Å². The first kappa shape index (κ1) is 25.5. The van der Waals surface area contributed by atoms with Crippen LogP contribution in [0.1, 0.15) is 0 Å². The molecule has 0 heterocycles. The minimum absolute atomic E-state index is 0.0301. The SMILES string of the molecule is NCCOCCOCCOCCNC(=O)CI.O=C(O)C(F)(F)F. The molecule has 1 amide bonds. The van der Waals surface area contributed by atoms with E-state index < -0.39 is 12.1 Å². The van der Waals surface area contributed by atoms with E-state index in [-0.39, 0.29) is 5.91 Å². The van der Waals surface area contributed by atoms with Gasteiger partial charge in [-0.1, -0.05) is 22.6 Å². The minimum Gasteiger partial charge on any atom is -0.475 e. The van der Waals surface area contributed by atoms with Gasteiger partial charge in [-0.15, -0.1) is 0 Å². The van der Waals surface area contributed by atoms with Gasteiger partial charge in [0.15, 0.2) is 0 Å². The Hall–Kier alpha value is -0.700. The van der Waals surface area contributed by atoms with Crippen LogP contribution in [-0.4, -0.2) is 80.3 Å². The molecule has 0 rings (SSSR count). The molecule has 0 aliphatic rings. The summed E-state index contributed by atoms with van der Waals surface area (Å²) in [6.45, 7) is 4.32. The smallest absolute Gasteiger partial charge is 0.475 e. The molecule has 0 fully saturated rings. The first-order valence-corrected chi connectivity index (χ1v) is 8.34. The lowest BCUT2D eigenvalue weighted by Gasteiger charge is -2.06. The lowest BCUT2D eigenvalue weighted by Crippen LogP contribution is -2.28. The van der Waals surface area contributed by atoms with Crippen LogP contribution in [0.3, 0.4) is 0 Å². The predicted molar refractivity (Wildman–Crippen MR) is 87.1 cm³/mol. The second-order valence-electron chi connectivity index (χ2n) is 3.91. The summed E-state index contributed by atoms with van der Waals surface area (Å²) in [6, 6.07) is 0. The molecule has 0 aliphatic heterocycles. The monoisotopic (exact) mass is 474 g/mol. The van der Waals surface area contributed by atoms with Gasteiger partial charge < -0.3 is 30.4 Å². The fourth-order valence-electron chi connectivity index (χ4n) is 0.935. The van der Waals surface area contributed by atoms with Gasteiger partial charge in [0.25, 0.3) is 0 Å². The van der Waals surface area contributed by atoms with Gasteiger partial charge in [0.05, 0.1) is 44.1 Å². The zero-order chi connectivity index (χ0) is 18.8. The van der Waals surface area contributed by atoms with Crippen molar-refractivity contribution in [1.82, 2.24) is 5.32 Å². The van der Waals surface area contributed by atoms with Crippen LogP contribution >= 0.6 is 22.6 Å². The van der Waals surface area contributed by atoms with Crippen LogP contribution < -0.4 is 11.1 Å². The Morgan fingerprint density at radius 2 is 1.42 bits per heavy atom. The van der Waals surface area contributed by atoms with Crippen molar-refractivity contribution in [3.8, 4) is 0 Å². The summed E-state index contributed by atoms with van der Waals surface area (Å²) in [4.78, 5) is 19.7. The molecule has 0 saturated carbocycles. The van der Waals surface area contributed by atoms with Gasteiger partial charge in [-0.3, -0.25) is 4.79 Å². The number of halogens is 4. The predicted octanol–water partition coefficient (Wildman–Crippen LogP) is 0.179. The molecule has 12 heteroatoms. The fourth-order valence-corrected chi connectivity index (χ4v) is 1.20. The maximum Gasteiger partial charge on any atom is 0.490 e. The number of carboxylic acids is 1. The lowest BCUT2D eigenvalue weighted by molar-refractivity contribution is -0.192. The maximum atomic E-state index is 10.9. The van der Waals surface area contributed by atoms with Crippen LogP contribution in [0.5, 0.6) is 0 Å². The molecule has 0 aromatic heterocycles. The van der Waals surface area contributed by atoms with E-state index in [9.17, 15) is 18.0 Å². The highest BCUT2D eigenvalue weighted by Crippen LogP contribution is 2.13. The first-order chi connectivity index (χ1) is 11.3. The van der Waals surface area contributed by atoms with Crippen molar-refractivity contribution in [3.05, 3.63) is 0 Å². The van der Waals surface area contributed by atoms with Gasteiger partial charge in [0, 0.05) is 13.1 Å². The normalized spacial score (nSPS) is 10.7. The molecule has 0 saturated heterocycles. The Bertz CT molecular complexity index is 334. The van der Waals surface area contributed by atoms with E-state index in [0.717, 1.165) is 0 Å². The van der Waals surface area contributed by atoms with Crippen LogP contribution in [0.2, 0.25) is 0 Å². The van der Waals surface area contributed by atoms with Crippen molar-refractivity contribution in [2.24, 2.45) is 5.73 Å². The number of amides is 1. The molecule has 144 valence electrons. The van der Waals surface area contributed by atoms with Crippen LogP contribution in [0.15, 0.2) is 0 Å². The van der Waals surface area contributed by atoms with Crippen molar-refractivity contribution in [2.75, 3.05) is 57.2 Å². The Morgan fingerprint density at radius 1 is 1.00 bits per heavy atom. The number of rotatable bonds is 12. The Balaban J connectivity index is 0. The number of carbonyl (C=O) groups excluding carboxylic acids is 1. The maximum absolute atomic E-state index is 10.9. The average Bonchev–Trinajstić information content (AvgIpc) is 2.52. The fraction of sp³-hybridized carbons (Fsp3) is 0.833. The van der Waals surface area contributed by atoms with E-state index in [0.29, 0.717) is 57.2 Å². The first-order valence-electron chi connectivity index (χ1n) is 6.81. The zero-order valence-electron chi connectivity index (χ0n) is 12.9. The van der Waals surface area contributed by atoms with E-state index in [2.05, 4.69) is 5.32 Å². The number of ether oxygens (including phenoxy) is 3. The van der Waals surface area contributed by atoms with Crippen molar-refractivity contribution >= 4 is 34.5 Å². The van der Waals surface area contributed by atoms with Crippen LogP contribution in [0, 0.1) is 0 Å². The van der Waals surface area contributed by atoms with Gasteiger partial charge in [0.2, 0.25) is 5.91 Å². The average molecular weight is 474 g/mol. The molecule has 0 unspecified atom stereocenters. The highest BCUT2D eigenvalue weighted by atomic mass is 127. The van der Waals surface area contributed by atoms with E-state index >= 15 is 0 Å². The largest absolute Gasteiger partial charge is 0.490 e. The quantitative estimate of drug-likeness (QED) is 0.210. The van der Waals surface area contributed by atoms with Gasteiger partial charge in [-0.25, -0.2) is 4.79 Å². The molecule has 8 nitrogen and oxygen atoms in total. The highest BCUT2D eigenvalue weighted by Gasteiger charge is 2.38. The summed E-state index contributed by atoms with van der Waals surface area (Å²) in [5.41, 5.74) is 5.25. The summed E-state index contributed by atoms with van der Waals surface area (Å²) in [6.07, 6.45) is -5.08. The molecule has 0 bridgehead atoms. The van der Waals surface area contributed by atoms with Crippen molar-refractivity contribution in [2.45, 2.75) is 6.18 Å². The molecular weight excluding hydrogens is 452 g/mol. The third-order valence-corrected chi connectivity index (χ3v) is 2.63. The van der Waals surface area contributed by atoms with E-state index in [4.69, 9.17) is 29.8 Å². The highest BCUT2D eigenvalue weighted by molar-refractivity contribution is 14.1. The molecular formula is C12H22F3IN2O6. The molecule has 0 spiro atoms. The molecule has 0 aliphatic carbocycles. The topological polar surface area (TPSA) is 120 Å². The number of hydrogen-bond acceptors (Lipinski definition) is 6. The second kappa shape index (κ2) is 17.1. The standard InChI is InChI=1S/C10H21IN2O4.C2HF3O2/c11-9-10(14)13-2-4-16-6-8-17-7-5-15-3-1-12;3-2(4,5)1(6)7/h1-9,12H2,(H,13,14);(H,6,7). The summed E-state index contributed by atoms with van der Waals surface area (Å²) < 4.78 is 47.8. The summed E-state index contributed by atoms with van der Waals surface area (Å²) in [5.74, 6) is -2.73.